The average molecular weight is 314 g/mol. The first-order valence-electron chi connectivity index (χ1n) is 8.08. The zero-order chi connectivity index (χ0) is 16.2. The molecule has 0 unspecified atom stereocenters. The maximum atomic E-state index is 6.04. The highest BCUT2D eigenvalue weighted by Crippen LogP contribution is 2.26. The van der Waals surface area contributed by atoms with Crippen LogP contribution < -0.4 is 9.47 Å². The third-order valence-corrected chi connectivity index (χ3v) is 4.06. The number of hydrogen-bond donors (Lipinski definition) is 0. The molecule has 0 spiro atoms. The van der Waals surface area contributed by atoms with E-state index >= 15 is 0 Å². The van der Waals surface area contributed by atoms with E-state index in [1.165, 1.54) is 0 Å². The van der Waals surface area contributed by atoms with Gasteiger partial charge in [0.2, 0.25) is 0 Å². The summed E-state index contributed by atoms with van der Waals surface area (Å²) >= 11 is 0. The first-order chi connectivity index (χ1) is 11.9. The Morgan fingerprint density at radius 2 is 1.04 bits per heavy atom. The molecule has 2 bridgehead atoms. The quantitative estimate of drug-likeness (QED) is 0.558. The van der Waals surface area contributed by atoms with Gasteiger partial charge in [-0.2, -0.15) is 0 Å². The molecule has 0 saturated heterocycles. The molecule has 4 rings (SSSR count). The predicted octanol–water partition coefficient (Wildman–Crippen LogP) is 5.33. The molecule has 0 atom stereocenters. The van der Waals surface area contributed by atoms with E-state index in [0.717, 1.165) is 33.8 Å². The van der Waals surface area contributed by atoms with E-state index in [4.69, 9.17) is 9.47 Å². The zero-order valence-electron chi connectivity index (χ0n) is 13.3. The van der Waals surface area contributed by atoms with Gasteiger partial charge < -0.3 is 9.47 Å². The van der Waals surface area contributed by atoms with Crippen LogP contribution in [0.1, 0.15) is 22.3 Å². The number of ether oxygens (including phenoxy) is 2. The zero-order valence-corrected chi connectivity index (χ0v) is 13.3. The smallest absolute Gasteiger partial charge is 0.127 e. The van der Waals surface area contributed by atoms with Crippen molar-refractivity contribution in [1.82, 2.24) is 0 Å². The van der Waals surface area contributed by atoms with Crippen molar-refractivity contribution in [3.8, 4) is 11.5 Å². The van der Waals surface area contributed by atoms with Crippen LogP contribution >= 0.6 is 0 Å². The molecule has 0 amide bonds. The van der Waals surface area contributed by atoms with Gasteiger partial charge in [0.05, 0.1) is 0 Å². The minimum atomic E-state index is 0.547. The molecule has 1 aliphatic heterocycles. The molecule has 0 saturated carbocycles. The summed E-state index contributed by atoms with van der Waals surface area (Å²) in [5.74, 6) is 1.77. The summed E-state index contributed by atoms with van der Waals surface area (Å²) in [6.45, 7) is 1.09. The lowest BCUT2D eigenvalue weighted by atomic mass is 10.1. The van der Waals surface area contributed by atoms with Crippen LogP contribution in [-0.2, 0) is 13.2 Å². The summed E-state index contributed by atoms with van der Waals surface area (Å²) in [7, 11) is 0. The van der Waals surface area contributed by atoms with Crippen LogP contribution in [0.5, 0.6) is 11.5 Å². The molecule has 2 nitrogen and oxygen atoms in total. The Balaban J connectivity index is 1.80. The highest BCUT2D eigenvalue weighted by molar-refractivity contribution is 5.74. The summed E-state index contributed by atoms with van der Waals surface area (Å²) in [4.78, 5) is 0. The summed E-state index contributed by atoms with van der Waals surface area (Å²) in [6, 6.07) is 24.5. The topological polar surface area (TPSA) is 18.5 Å². The second kappa shape index (κ2) is 6.63. The first-order valence-corrected chi connectivity index (χ1v) is 8.08. The molecule has 0 fully saturated rings. The van der Waals surface area contributed by atoms with E-state index in [2.05, 4.69) is 42.5 Å². The summed E-state index contributed by atoms with van der Waals surface area (Å²) in [6.07, 6.45) is 4.15. The average Bonchev–Trinajstić information content (AvgIpc) is 2.65. The third kappa shape index (κ3) is 3.18. The van der Waals surface area contributed by atoms with Gasteiger partial charge in [0.25, 0.3) is 0 Å². The van der Waals surface area contributed by atoms with Crippen LogP contribution in [-0.4, -0.2) is 0 Å². The molecule has 118 valence electrons. The number of rotatable bonds is 0. The summed E-state index contributed by atoms with van der Waals surface area (Å²) in [5.41, 5.74) is 4.40. The molecule has 3 aromatic rings. The number of para-hydroxylation sites is 2. The maximum absolute atomic E-state index is 6.04. The Kier molecular flexibility index (Phi) is 4.03. The van der Waals surface area contributed by atoms with E-state index < -0.39 is 0 Å². The van der Waals surface area contributed by atoms with Crippen LogP contribution in [0.2, 0.25) is 0 Å². The molecule has 2 heteroatoms. The second-order valence-electron chi connectivity index (χ2n) is 5.81. The van der Waals surface area contributed by atoms with Gasteiger partial charge in [0.15, 0.2) is 0 Å². The van der Waals surface area contributed by atoms with Crippen LogP contribution in [0, 0.1) is 0 Å². The fourth-order valence-corrected chi connectivity index (χ4v) is 2.81. The first kappa shape index (κ1) is 14.6. The molecular formula is C22H18O2. The van der Waals surface area contributed by atoms with Crippen molar-refractivity contribution in [2.75, 3.05) is 0 Å². The van der Waals surface area contributed by atoms with Crippen molar-refractivity contribution in [2.24, 2.45) is 0 Å². The highest BCUT2D eigenvalue weighted by atomic mass is 16.5. The van der Waals surface area contributed by atoms with Gasteiger partial charge in [0, 0.05) is 11.1 Å². The van der Waals surface area contributed by atoms with E-state index in [0.29, 0.717) is 13.2 Å². The lowest BCUT2D eigenvalue weighted by Crippen LogP contribution is -2.00. The van der Waals surface area contributed by atoms with Gasteiger partial charge in [-0.25, -0.2) is 0 Å². The van der Waals surface area contributed by atoms with Crippen LogP contribution in [0.15, 0.2) is 72.8 Å². The molecule has 1 aliphatic rings. The number of benzene rings is 3. The molecule has 3 aromatic carbocycles. The molecular weight excluding hydrogens is 296 g/mol. The van der Waals surface area contributed by atoms with Gasteiger partial charge >= 0.3 is 0 Å². The highest BCUT2D eigenvalue weighted by Gasteiger charge is 2.06. The molecule has 0 aliphatic carbocycles. The van der Waals surface area contributed by atoms with Crippen molar-refractivity contribution < 1.29 is 9.47 Å². The monoisotopic (exact) mass is 314 g/mol. The fourth-order valence-electron chi connectivity index (χ4n) is 2.81. The second-order valence-corrected chi connectivity index (χ2v) is 5.81. The van der Waals surface area contributed by atoms with Crippen molar-refractivity contribution >= 4 is 12.2 Å². The van der Waals surface area contributed by atoms with Gasteiger partial charge in [0.1, 0.15) is 24.7 Å². The van der Waals surface area contributed by atoms with Crippen LogP contribution in [0.25, 0.3) is 12.2 Å². The number of fused-ring (bicyclic) bond motifs is 4. The van der Waals surface area contributed by atoms with Crippen molar-refractivity contribution in [1.29, 1.82) is 0 Å². The van der Waals surface area contributed by atoms with Crippen molar-refractivity contribution in [2.45, 2.75) is 13.2 Å². The van der Waals surface area contributed by atoms with Gasteiger partial charge in [-0.3, -0.25) is 0 Å². The predicted molar refractivity (Wildman–Crippen MR) is 96.9 cm³/mol. The van der Waals surface area contributed by atoms with E-state index in [-0.39, 0.29) is 0 Å². The Hall–Kier alpha value is -3.00. The third-order valence-electron chi connectivity index (χ3n) is 4.06. The number of hydrogen-bond acceptors (Lipinski definition) is 2. The Labute approximate surface area is 142 Å². The van der Waals surface area contributed by atoms with Gasteiger partial charge in [-0.15, -0.1) is 0 Å². The standard InChI is InChI=1S/C22H18O2/c1-3-10-21-19(8-1)12-13-20-9-2-4-11-22(20)24-16-18-7-5-6-17(14-18)15-23-21/h1-14H,15-16H2/b13-12-. The largest absolute Gasteiger partial charge is 0.488 e. The molecule has 0 N–H and O–H groups in total. The normalized spacial score (nSPS) is 14.5. The minimum Gasteiger partial charge on any atom is -0.488 e. The molecule has 1 heterocycles. The fraction of sp³-hybridized carbons (Fsp3) is 0.0909. The van der Waals surface area contributed by atoms with Gasteiger partial charge in [-0.05, 0) is 29.3 Å². The minimum absolute atomic E-state index is 0.547. The molecule has 0 radical (unpaired) electrons. The molecule has 0 aromatic heterocycles. The van der Waals surface area contributed by atoms with E-state index in [1.807, 2.05) is 42.5 Å². The maximum Gasteiger partial charge on any atom is 0.127 e. The summed E-state index contributed by atoms with van der Waals surface area (Å²) < 4.78 is 12.1. The Morgan fingerprint density at radius 3 is 1.58 bits per heavy atom. The van der Waals surface area contributed by atoms with Crippen molar-refractivity contribution in [3.63, 3.8) is 0 Å². The Bertz CT molecular complexity index is 812. The van der Waals surface area contributed by atoms with E-state index in [9.17, 15) is 0 Å². The van der Waals surface area contributed by atoms with Crippen LogP contribution in [0.3, 0.4) is 0 Å². The summed E-state index contributed by atoms with van der Waals surface area (Å²) in [5, 5.41) is 0. The lowest BCUT2D eigenvalue weighted by Gasteiger charge is -2.10. The lowest BCUT2D eigenvalue weighted by molar-refractivity contribution is 0.299. The van der Waals surface area contributed by atoms with E-state index in [1.54, 1.807) is 0 Å². The van der Waals surface area contributed by atoms with Crippen molar-refractivity contribution in [3.05, 3.63) is 95.1 Å². The van der Waals surface area contributed by atoms with Crippen LogP contribution in [0.4, 0.5) is 0 Å². The molecule has 24 heavy (non-hydrogen) atoms. The van der Waals surface area contributed by atoms with Gasteiger partial charge in [-0.1, -0.05) is 66.7 Å². The SMILES string of the molecule is C1=C\c2ccccc2OCc2cccc(c2)COc2ccccc2/1. The Morgan fingerprint density at radius 1 is 0.542 bits per heavy atom.